The van der Waals surface area contributed by atoms with E-state index in [1.165, 1.54) is 0 Å². The second-order valence-electron chi connectivity index (χ2n) is 6.29. The topological polar surface area (TPSA) is 57.8 Å². The first-order chi connectivity index (χ1) is 12.0. The Labute approximate surface area is 152 Å². The molecule has 25 heavy (non-hydrogen) atoms. The maximum absolute atomic E-state index is 12.2. The molecule has 130 valence electrons. The molecule has 0 atom stereocenters. The third-order valence-corrected chi connectivity index (χ3v) is 4.42. The number of nitrogens with one attached hydrogen (secondary N) is 2. The summed E-state index contributed by atoms with van der Waals surface area (Å²) in [5.74, 6) is 1.02. The van der Waals surface area contributed by atoms with Crippen molar-refractivity contribution in [3.05, 3.63) is 58.4 Å². The maximum atomic E-state index is 12.2. The molecule has 0 aliphatic rings. The molecule has 0 fully saturated rings. The number of benzene rings is 2. The largest absolute Gasteiger partial charge is 0.342 e. The minimum absolute atomic E-state index is 0.00167. The zero-order chi connectivity index (χ0) is 17.8. The van der Waals surface area contributed by atoms with Crippen molar-refractivity contribution in [2.45, 2.75) is 39.5 Å². The highest BCUT2D eigenvalue weighted by atomic mass is 35.5. The van der Waals surface area contributed by atoms with Crippen LogP contribution in [0.1, 0.15) is 36.7 Å². The average molecular weight is 356 g/mol. The number of imidazole rings is 1. The summed E-state index contributed by atoms with van der Waals surface area (Å²) < 4.78 is 0. The van der Waals surface area contributed by atoms with Gasteiger partial charge in [0.2, 0.25) is 5.91 Å². The highest BCUT2D eigenvalue weighted by molar-refractivity contribution is 6.30. The van der Waals surface area contributed by atoms with Crippen molar-refractivity contribution in [3.8, 4) is 0 Å². The Morgan fingerprint density at radius 2 is 2.04 bits per heavy atom. The quantitative estimate of drug-likeness (QED) is 0.650. The van der Waals surface area contributed by atoms with Gasteiger partial charge in [0, 0.05) is 23.6 Å². The van der Waals surface area contributed by atoms with E-state index in [0.717, 1.165) is 46.5 Å². The van der Waals surface area contributed by atoms with Crippen LogP contribution in [0.3, 0.4) is 0 Å². The molecule has 1 aromatic heterocycles. The molecule has 1 heterocycles. The lowest BCUT2D eigenvalue weighted by Gasteiger charge is -2.08. The predicted octanol–water partition coefficient (Wildman–Crippen LogP) is 5.05. The zero-order valence-electron chi connectivity index (χ0n) is 14.5. The van der Waals surface area contributed by atoms with Crippen LogP contribution in [0.15, 0.2) is 36.4 Å². The second-order valence-corrected chi connectivity index (χ2v) is 6.73. The van der Waals surface area contributed by atoms with Gasteiger partial charge < -0.3 is 10.3 Å². The summed E-state index contributed by atoms with van der Waals surface area (Å²) in [6.45, 7) is 4.07. The highest BCUT2D eigenvalue weighted by Gasteiger charge is 2.08. The Morgan fingerprint density at radius 1 is 1.20 bits per heavy atom. The molecule has 0 unspecified atom stereocenters. The molecule has 0 radical (unpaired) electrons. The molecule has 0 aliphatic heterocycles. The van der Waals surface area contributed by atoms with E-state index in [-0.39, 0.29) is 5.91 Å². The fourth-order valence-electron chi connectivity index (χ4n) is 2.86. The minimum Gasteiger partial charge on any atom is -0.342 e. The summed E-state index contributed by atoms with van der Waals surface area (Å²) in [7, 11) is 0. The predicted molar refractivity (Wildman–Crippen MR) is 103 cm³/mol. The van der Waals surface area contributed by atoms with Gasteiger partial charge in [-0.3, -0.25) is 4.79 Å². The van der Waals surface area contributed by atoms with Crippen molar-refractivity contribution in [2.24, 2.45) is 0 Å². The smallest absolute Gasteiger partial charge is 0.224 e. The number of carbonyl (C=O) groups excluding carboxylic acids is 1. The Kier molecular flexibility index (Phi) is 5.39. The third kappa shape index (κ3) is 4.40. The van der Waals surface area contributed by atoms with Crippen LogP contribution in [-0.4, -0.2) is 15.9 Å². The molecule has 0 aliphatic carbocycles. The fraction of sp³-hybridized carbons (Fsp3) is 0.300. The fourth-order valence-corrected chi connectivity index (χ4v) is 3.08. The number of anilines is 1. The number of amides is 1. The first kappa shape index (κ1) is 17.5. The minimum atomic E-state index is 0.00167. The van der Waals surface area contributed by atoms with Gasteiger partial charge in [-0.05, 0) is 61.2 Å². The standard InChI is InChI=1S/C20H22ClN3O/c1-3-4-19-22-17-8-5-14(12-18(17)23-19)6-10-20(25)24-16-9-7-15(21)11-13(16)2/h5,7-9,11-12H,3-4,6,10H2,1-2H3,(H,22,23)(H,24,25). The molecule has 0 spiro atoms. The molecule has 0 saturated heterocycles. The zero-order valence-corrected chi connectivity index (χ0v) is 15.3. The SMILES string of the molecule is CCCc1nc2ccc(CCC(=O)Nc3ccc(Cl)cc3C)cc2[nH]1. The lowest BCUT2D eigenvalue weighted by Crippen LogP contribution is -2.13. The van der Waals surface area contributed by atoms with E-state index in [4.69, 9.17) is 11.6 Å². The molecule has 1 amide bonds. The highest BCUT2D eigenvalue weighted by Crippen LogP contribution is 2.20. The summed E-state index contributed by atoms with van der Waals surface area (Å²) in [6.07, 6.45) is 3.14. The molecule has 3 rings (SSSR count). The van der Waals surface area contributed by atoms with Gasteiger partial charge in [-0.1, -0.05) is 24.6 Å². The van der Waals surface area contributed by atoms with Crippen LogP contribution in [0.25, 0.3) is 11.0 Å². The van der Waals surface area contributed by atoms with Crippen molar-refractivity contribution in [2.75, 3.05) is 5.32 Å². The number of aromatic amines is 1. The summed E-state index contributed by atoms with van der Waals surface area (Å²) in [4.78, 5) is 20.1. The number of hydrogen-bond acceptors (Lipinski definition) is 2. The molecule has 4 nitrogen and oxygen atoms in total. The number of aryl methyl sites for hydroxylation is 3. The molecule has 2 aromatic carbocycles. The third-order valence-electron chi connectivity index (χ3n) is 4.19. The molecule has 5 heteroatoms. The van der Waals surface area contributed by atoms with Crippen molar-refractivity contribution in [1.29, 1.82) is 0 Å². The molecule has 0 saturated carbocycles. The lowest BCUT2D eigenvalue weighted by atomic mass is 10.1. The number of rotatable bonds is 6. The number of H-pyrrole nitrogens is 1. The van der Waals surface area contributed by atoms with Gasteiger partial charge >= 0.3 is 0 Å². The Bertz CT molecular complexity index is 901. The Balaban J connectivity index is 1.62. The maximum Gasteiger partial charge on any atom is 0.224 e. The van der Waals surface area contributed by atoms with Crippen LogP contribution < -0.4 is 5.32 Å². The van der Waals surface area contributed by atoms with Crippen LogP contribution in [0.4, 0.5) is 5.69 Å². The monoisotopic (exact) mass is 355 g/mol. The van der Waals surface area contributed by atoms with Crippen molar-refractivity contribution >= 4 is 34.2 Å². The van der Waals surface area contributed by atoms with Gasteiger partial charge in [0.1, 0.15) is 5.82 Å². The normalized spacial score (nSPS) is 11.0. The molecular weight excluding hydrogens is 334 g/mol. The van der Waals surface area contributed by atoms with E-state index in [0.29, 0.717) is 17.9 Å². The molecule has 3 aromatic rings. The summed E-state index contributed by atoms with van der Waals surface area (Å²) in [6, 6.07) is 11.6. The van der Waals surface area contributed by atoms with Gasteiger partial charge in [-0.2, -0.15) is 0 Å². The number of hydrogen-bond donors (Lipinski definition) is 2. The summed E-state index contributed by atoms with van der Waals surface area (Å²) in [5, 5.41) is 3.62. The average Bonchev–Trinajstić information content (AvgIpc) is 2.97. The van der Waals surface area contributed by atoms with Crippen LogP contribution in [0, 0.1) is 6.92 Å². The van der Waals surface area contributed by atoms with Crippen LogP contribution in [-0.2, 0) is 17.6 Å². The van der Waals surface area contributed by atoms with Crippen LogP contribution in [0.2, 0.25) is 5.02 Å². The lowest BCUT2D eigenvalue weighted by molar-refractivity contribution is -0.116. The summed E-state index contributed by atoms with van der Waals surface area (Å²) >= 11 is 5.94. The van der Waals surface area contributed by atoms with E-state index in [2.05, 4.69) is 28.3 Å². The number of carbonyl (C=O) groups is 1. The van der Waals surface area contributed by atoms with Gasteiger partial charge in [0.05, 0.1) is 11.0 Å². The van der Waals surface area contributed by atoms with E-state index in [9.17, 15) is 4.79 Å². The van der Waals surface area contributed by atoms with E-state index in [1.807, 2.05) is 31.2 Å². The number of nitrogens with zero attached hydrogens (tertiary/aromatic N) is 1. The molecule has 2 N–H and O–H groups in total. The van der Waals surface area contributed by atoms with E-state index in [1.54, 1.807) is 6.07 Å². The van der Waals surface area contributed by atoms with Crippen molar-refractivity contribution < 1.29 is 4.79 Å². The van der Waals surface area contributed by atoms with Crippen molar-refractivity contribution in [3.63, 3.8) is 0 Å². The van der Waals surface area contributed by atoms with Gasteiger partial charge in [0.25, 0.3) is 0 Å². The number of fused-ring (bicyclic) bond motifs is 1. The van der Waals surface area contributed by atoms with Crippen molar-refractivity contribution in [1.82, 2.24) is 9.97 Å². The number of halogens is 1. The second kappa shape index (κ2) is 7.70. The van der Waals surface area contributed by atoms with Gasteiger partial charge in [-0.15, -0.1) is 0 Å². The first-order valence-corrected chi connectivity index (χ1v) is 8.96. The van der Waals surface area contributed by atoms with Gasteiger partial charge in [-0.25, -0.2) is 4.98 Å². The molecular formula is C20H22ClN3O. The Morgan fingerprint density at radius 3 is 2.80 bits per heavy atom. The van der Waals surface area contributed by atoms with Crippen LogP contribution >= 0.6 is 11.6 Å². The Hall–Kier alpha value is -2.33. The van der Waals surface area contributed by atoms with Crippen LogP contribution in [0.5, 0.6) is 0 Å². The number of aromatic nitrogens is 2. The first-order valence-electron chi connectivity index (χ1n) is 8.58. The molecule has 0 bridgehead atoms. The van der Waals surface area contributed by atoms with Gasteiger partial charge in [0.15, 0.2) is 0 Å². The summed E-state index contributed by atoms with van der Waals surface area (Å²) in [5.41, 5.74) is 4.91. The van der Waals surface area contributed by atoms with E-state index >= 15 is 0 Å². The van der Waals surface area contributed by atoms with E-state index < -0.39 is 0 Å².